The van der Waals surface area contributed by atoms with Crippen molar-refractivity contribution >= 4 is 11.6 Å². The lowest BCUT2D eigenvalue weighted by Gasteiger charge is -2.10. The molecule has 0 atom stereocenters. The van der Waals surface area contributed by atoms with Crippen molar-refractivity contribution in [3.63, 3.8) is 0 Å². The molecule has 1 aromatic carbocycles. The zero-order valence-corrected chi connectivity index (χ0v) is 8.92. The molecule has 0 saturated carbocycles. The van der Waals surface area contributed by atoms with Gasteiger partial charge in [-0.15, -0.1) is 0 Å². The molecule has 0 fully saturated rings. The normalized spacial score (nSPS) is 9.82. The highest BCUT2D eigenvalue weighted by atomic mass is 16.1. The van der Waals surface area contributed by atoms with E-state index in [2.05, 4.69) is 0 Å². The number of nitrogens with zero attached hydrogens (tertiary/aromatic N) is 2. The molecule has 5 nitrogen and oxygen atoms in total. The number of anilines is 1. The molecular weight excluding hydrogens is 216 g/mol. The van der Waals surface area contributed by atoms with Gasteiger partial charge in [-0.25, -0.2) is 0 Å². The van der Waals surface area contributed by atoms with E-state index in [0.717, 1.165) is 0 Å². The number of benzene rings is 1. The number of rotatable bonds is 2. The number of primary amides is 1. The molecule has 1 amide bonds. The molecule has 1 aromatic heterocycles. The highest BCUT2D eigenvalue weighted by Gasteiger charge is 2.12. The molecular formula is C12H10N4O. The fourth-order valence-corrected chi connectivity index (χ4v) is 1.64. The molecule has 2 rings (SSSR count). The maximum atomic E-state index is 11.3. The molecule has 0 spiro atoms. The fraction of sp³-hybridized carbons (Fsp3) is 0. The van der Waals surface area contributed by atoms with E-state index in [1.807, 2.05) is 6.07 Å². The second-order valence-electron chi connectivity index (χ2n) is 3.52. The van der Waals surface area contributed by atoms with Crippen LogP contribution < -0.4 is 11.5 Å². The van der Waals surface area contributed by atoms with E-state index in [1.54, 1.807) is 41.1 Å². The van der Waals surface area contributed by atoms with Crippen LogP contribution in [0.3, 0.4) is 0 Å². The summed E-state index contributed by atoms with van der Waals surface area (Å²) in [6, 6.07) is 10.1. The Hall–Kier alpha value is -2.74. The van der Waals surface area contributed by atoms with Crippen LogP contribution in [0.25, 0.3) is 5.69 Å². The van der Waals surface area contributed by atoms with Gasteiger partial charge in [0.2, 0.25) is 0 Å². The zero-order chi connectivity index (χ0) is 12.4. The van der Waals surface area contributed by atoms with E-state index in [9.17, 15) is 4.79 Å². The summed E-state index contributed by atoms with van der Waals surface area (Å²) in [6.07, 6.45) is 1.68. The van der Waals surface area contributed by atoms with Crippen molar-refractivity contribution in [1.29, 1.82) is 5.26 Å². The van der Waals surface area contributed by atoms with E-state index in [0.29, 0.717) is 22.6 Å². The van der Waals surface area contributed by atoms with Crippen LogP contribution in [0.1, 0.15) is 16.1 Å². The number of nitrogens with two attached hydrogens (primary N) is 2. The number of carbonyl (C=O) groups excluding carboxylic acids is 1. The molecule has 0 saturated heterocycles. The summed E-state index contributed by atoms with van der Waals surface area (Å²) in [5, 5.41) is 8.95. The average molecular weight is 226 g/mol. The number of hydrogen-bond donors (Lipinski definition) is 2. The van der Waals surface area contributed by atoms with Crippen molar-refractivity contribution in [2.75, 3.05) is 5.73 Å². The second kappa shape index (κ2) is 4.02. The van der Waals surface area contributed by atoms with Crippen LogP contribution in [0.2, 0.25) is 0 Å². The first-order valence-electron chi connectivity index (χ1n) is 4.90. The third-order valence-electron chi connectivity index (χ3n) is 2.41. The Morgan fingerprint density at radius 1 is 1.35 bits per heavy atom. The fourth-order valence-electron chi connectivity index (χ4n) is 1.64. The van der Waals surface area contributed by atoms with Gasteiger partial charge in [-0.3, -0.25) is 4.79 Å². The van der Waals surface area contributed by atoms with Crippen molar-refractivity contribution in [1.82, 2.24) is 4.57 Å². The minimum atomic E-state index is -0.558. The third-order valence-corrected chi connectivity index (χ3v) is 2.41. The zero-order valence-electron chi connectivity index (χ0n) is 8.92. The van der Waals surface area contributed by atoms with Crippen LogP contribution in [0, 0.1) is 11.3 Å². The number of carbonyl (C=O) groups is 1. The summed E-state index contributed by atoms with van der Waals surface area (Å²) in [6.45, 7) is 0. The Bertz CT molecular complexity index is 622. The molecule has 2 aromatic rings. The molecule has 0 aliphatic rings. The van der Waals surface area contributed by atoms with Gasteiger partial charge in [0, 0.05) is 11.9 Å². The standard InChI is InChI=1S/C12H10N4O/c13-7-9-2-1-5-16(9)11-6-8(14)3-4-10(11)12(15)17/h1-6H,14H2,(H2,15,17). The van der Waals surface area contributed by atoms with Crippen LogP contribution >= 0.6 is 0 Å². The monoisotopic (exact) mass is 226 g/mol. The Kier molecular flexibility index (Phi) is 2.55. The lowest BCUT2D eigenvalue weighted by Crippen LogP contribution is -2.15. The minimum absolute atomic E-state index is 0.326. The molecule has 0 radical (unpaired) electrons. The van der Waals surface area contributed by atoms with Crippen LogP contribution in [-0.4, -0.2) is 10.5 Å². The van der Waals surface area contributed by atoms with E-state index >= 15 is 0 Å². The van der Waals surface area contributed by atoms with Gasteiger partial charge < -0.3 is 16.0 Å². The third kappa shape index (κ3) is 1.84. The molecule has 0 aliphatic carbocycles. The molecule has 84 valence electrons. The minimum Gasteiger partial charge on any atom is -0.399 e. The highest BCUT2D eigenvalue weighted by Crippen LogP contribution is 2.20. The van der Waals surface area contributed by atoms with Gasteiger partial charge in [0.1, 0.15) is 11.8 Å². The van der Waals surface area contributed by atoms with Gasteiger partial charge in [0.05, 0.1) is 11.3 Å². The Morgan fingerprint density at radius 3 is 2.76 bits per heavy atom. The highest BCUT2D eigenvalue weighted by molar-refractivity contribution is 5.97. The summed E-state index contributed by atoms with van der Waals surface area (Å²) < 4.78 is 1.58. The first kappa shape index (κ1) is 10.8. The molecule has 0 bridgehead atoms. The van der Waals surface area contributed by atoms with Gasteiger partial charge >= 0.3 is 0 Å². The molecule has 5 heteroatoms. The maximum absolute atomic E-state index is 11.3. The number of nitrogen functional groups attached to an aromatic ring is 1. The lowest BCUT2D eigenvalue weighted by molar-refractivity contribution is 0.100. The van der Waals surface area contributed by atoms with Crippen LogP contribution in [0.4, 0.5) is 5.69 Å². The Labute approximate surface area is 97.9 Å². The number of nitriles is 1. The second-order valence-corrected chi connectivity index (χ2v) is 3.52. The predicted molar refractivity (Wildman–Crippen MR) is 63.4 cm³/mol. The Morgan fingerprint density at radius 2 is 2.12 bits per heavy atom. The van der Waals surface area contributed by atoms with Crippen molar-refractivity contribution in [3.8, 4) is 11.8 Å². The predicted octanol–water partition coefficient (Wildman–Crippen LogP) is 1.03. The molecule has 1 heterocycles. The smallest absolute Gasteiger partial charge is 0.250 e. The maximum Gasteiger partial charge on any atom is 0.250 e. The first-order valence-corrected chi connectivity index (χ1v) is 4.90. The summed E-state index contributed by atoms with van der Waals surface area (Å²) in [4.78, 5) is 11.3. The van der Waals surface area contributed by atoms with Gasteiger partial charge in [-0.2, -0.15) is 5.26 Å². The number of aromatic nitrogens is 1. The molecule has 0 unspecified atom stereocenters. The van der Waals surface area contributed by atoms with E-state index in [1.165, 1.54) is 0 Å². The largest absolute Gasteiger partial charge is 0.399 e. The van der Waals surface area contributed by atoms with E-state index in [-0.39, 0.29) is 0 Å². The van der Waals surface area contributed by atoms with Gasteiger partial charge in [0.25, 0.3) is 5.91 Å². The van der Waals surface area contributed by atoms with Crippen LogP contribution in [0.15, 0.2) is 36.5 Å². The average Bonchev–Trinajstić information content (AvgIpc) is 2.76. The molecule has 4 N–H and O–H groups in total. The number of amides is 1. The lowest BCUT2D eigenvalue weighted by atomic mass is 10.1. The Balaban J connectivity index is 2.70. The van der Waals surface area contributed by atoms with E-state index < -0.39 is 5.91 Å². The topological polar surface area (TPSA) is 97.8 Å². The summed E-state index contributed by atoms with van der Waals surface area (Å²) >= 11 is 0. The summed E-state index contributed by atoms with van der Waals surface area (Å²) in [5.74, 6) is -0.558. The quantitative estimate of drug-likeness (QED) is 0.748. The van der Waals surface area contributed by atoms with Crippen molar-refractivity contribution in [2.24, 2.45) is 5.73 Å². The van der Waals surface area contributed by atoms with Crippen molar-refractivity contribution in [3.05, 3.63) is 47.8 Å². The molecule has 17 heavy (non-hydrogen) atoms. The summed E-state index contributed by atoms with van der Waals surface area (Å²) in [7, 11) is 0. The van der Waals surface area contributed by atoms with Gasteiger partial charge in [-0.05, 0) is 30.3 Å². The first-order chi connectivity index (χ1) is 8.13. The number of hydrogen-bond acceptors (Lipinski definition) is 3. The SMILES string of the molecule is N#Cc1cccn1-c1cc(N)ccc1C(N)=O. The van der Waals surface area contributed by atoms with Gasteiger partial charge in [0.15, 0.2) is 0 Å². The molecule has 0 aliphatic heterocycles. The van der Waals surface area contributed by atoms with Crippen molar-refractivity contribution in [2.45, 2.75) is 0 Å². The van der Waals surface area contributed by atoms with Crippen LogP contribution in [0.5, 0.6) is 0 Å². The summed E-state index contributed by atoms with van der Waals surface area (Å²) in [5.41, 5.74) is 12.7. The van der Waals surface area contributed by atoms with Gasteiger partial charge in [-0.1, -0.05) is 0 Å². The van der Waals surface area contributed by atoms with Crippen LogP contribution in [-0.2, 0) is 0 Å². The van der Waals surface area contributed by atoms with Crippen molar-refractivity contribution < 1.29 is 4.79 Å². The van der Waals surface area contributed by atoms with E-state index in [4.69, 9.17) is 16.7 Å².